The summed E-state index contributed by atoms with van der Waals surface area (Å²) in [7, 11) is 0. The van der Waals surface area contributed by atoms with Crippen LogP contribution >= 0.6 is 11.6 Å². The van der Waals surface area contributed by atoms with Crippen molar-refractivity contribution in [3.05, 3.63) is 29.3 Å². The molecule has 1 aromatic rings. The van der Waals surface area contributed by atoms with Crippen LogP contribution in [0.1, 0.15) is 30.9 Å². The number of rotatable bonds is 3. The number of benzene rings is 1. The Morgan fingerprint density at radius 1 is 1.33 bits per heavy atom. The quantitative estimate of drug-likeness (QED) is 0.714. The fourth-order valence-electron chi connectivity index (χ4n) is 2.10. The first kappa shape index (κ1) is 10.8. The van der Waals surface area contributed by atoms with Gasteiger partial charge in [0.1, 0.15) is 11.9 Å². The van der Waals surface area contributed by atoms with E-state index in [1.165, 1.54) is 30.4 Å². The lowest BCUT2D eigenvalue weighted by Gasteiger charge is -2.21. The first-order valence-corrected chi connectivity index (χ1v) is 6.18. The van der Waals surface area contributed by atoms with E-state index in [0.29, 0.717) is 5.88 Å². The first-order valence-electron chi connectivity index (χ1n) is 5.64. The summed E-state index contributed by atoms with van der Waals surface area (Å²) in [4.78, 5) is 0. The number of fused-ring (bicyclic) bond motifs is 1. The molecule has 0 radical (unpaired) electrons. The van der Waals surface area contributed by atoms with Gasteiger partial charge in [-0.05, 0) is 49.8 Å². The van der Waals surface area contributed by atoms with Crippen molar-refractivity contribution in [2.24, 2.45) is 0 Å². The topological polar surface area (TPSA) is 9.23 Å². The van der Waals surface area contributed by atoms with Crippen LogP contribution in [0, 0.1) is 0 Å². The third kappa shape index (κ3) is 2.46. The van der Waals surface area contributed by atoms with E-state index < -0.39 is 0 Å². The minimum Gasteiger partial charge on any atom is -0.489 e. The fourth-order valence-corrected chi connectivity index (χ4v) is 2.17. The van der Waals surface area contributed by atoms with Gasteiger partial charge in [0.05, 0.1) is 5.88 Å². The van der Waals surface area contributed by atoms with Gasteiger partial charge < -0.3 is 4.74 Å². The van der Waals surface area contributed by atoms with Crippen molar-refractivity contribution in [3.8, 4) is 5.75 Å². The molecular weight excluding hydrogens is 208 g/mol. The van der Waals surface area contributed by atoms with Crippen molar-refractivity contribution < 1.29 is 4.74 Å². The lowest BCUT2D eigenvalue weighted by atomic mass is 9.91. The maximum absolute atomic E-state index is 5.83. The molecule has 2 rings (SSSR count). The summed E-state index contributed by atoms with van der Waals surface area (Å²) in [6, 6.07) is 6.36. The highest BCUT2D eigenvalue weighted by Gasteiger charge is 2.14. The molecule has 0 spiro atoms. The third-order valence-electron chi connectivity index (χ3n) is 2.90. The van der Waals surface area contributed by atoms with Crippen molar-refractivity contribution in [2.75, 3.05) is 5.88 Å². The van der Waals surface area contributed by atoms with E-state index in [4.69, 9.17) is 16.3 Å². The molecule has 0 N–H and O–H groups in total. The molecule has 1 aliphatic carbocycles. The molecule has 1 aliphatic rings. The summed E-state index contributed by atoms with van der Waals surface area (Å²) in [5.74, 6) is 1.59. The van der Waals surface area contributed by atoms with E-state index in [0.717, 1.165) is 12.2 Å². The Morgan fingerprint density at radius 3 is 2.93 bits per heavy atom. The SMILES string of the molecule is CC(CCl)Oc1cccc2c1CCCC2. The molecule has 2 heteroatoms. The van der Waals surface area contributed by atoms with Gasteiger partial charge >= 0.3 is 0 Å². The predicted octanol–water partition coefficient (Wildman–Crippen LogP) is 3.57. The van der Waals surface area contributed by atoms with Crippen molar-refractivity contribution >= 4 is 11.6 Å². The van der Waals surface area contributed by atoms with E-state index in [2.05, 4.69) is 18.2 Å². The Labute approximate surface area is 96.4 Å². The van der Waals surface area contributed by atoms with Crippen molar-refractivity contribution in [3.63, 3.8) is 0 Å². The summed E-state index contributed by atoms with van der Waals surface area (Å²) in [5, 5.41) is 0. The molecule has 82 valence electrons. The fraction of sp³-hybridized carbons (Fsp3) is 0.538. The number of aryl methyl sites for hydroxylation is 1. The average Bonchev–Trinajstić information content (AvgIpc) is 2.29. The van der Waals surface area contributed by atoms with Gasteiger partial charge in [-0.2, -0.15) is 0 Å². The van der Waals surface area contributed by atoms with Gasteiger partial charge in [-0.15, -0.1) is 11.6 Å². The molecule has 0 saturated heterocycles. The van der Waals surface area contributed by atoms with Gasteiger partial charge in [-0.25, -0.2) is 0 Å². The van der Waals surface area contributed by atoms with Crippen molar-refractivity contribution in [1.29, 1.82) is 0 Å². The lowest BCUT2D eigenvalue weighted by molar-refractivity contribution is 0.242. The molecule has 1 unspecified atom stereocenters. The second-order valence-electron chi connectivity index (χ2n) is 4.18. The second kappa shape index (κ2) is 4.89. The molecule has 1 atom stereocenters. The van der Waals surface area contributed by atoms with Crippen LogP contribution in [-0.4, -0.2) is 12.0 Å². The molecule has 0 aliphatic heterocycles. The van der Waals surface area contributed by atoms with Gasteiger partial charge in [-0.1, -0.05) is 12.1 Å². The smallest absolute Gasteiger partial charge is 0.123 e. The number of hydrogen-bond acceptors (Lipinski definition) is 1. The molecule has 0 amide bonds. The number of ether oxygens (including phenoxy) is 1. The van der Waals surface area contributed by atoms with Crippen molar-refractivity contribution in [1.82, 2.24) is 0 Å². The molecule has 1 nitrogen and oxygen atoms in total. The third-order valence-corrected chi connectivity index (χ3v) is 3.33. The van der Waals surface area contributed by atoms with Crippen LogP contribution in [0.25, 0.3) is 0 Å². The Kier molecular flexibility index (Phi) is 3.53. The van der Waals surface area contributed by atoms with E-state index in [1.54, 1.807) is 0 Å². The summed E-state index contributed by atoms with van der Waals surface area (Å²) < 4.78 is 5.83. The van der Waals surface area contributed by atoms with Gasteiger partial charge in [0, 0.05) is 0 Å². The number of hydrogen-bond donors (Lipinski definition) is 0. The highest BCUT2D eigenvalue weighted by Crippen LogP contribution is 2.30. The maximum Gasteiger partial charge on any atom is 0.123 e. The molecular formula is C13H17ClO. The molecule has 0 bridgehead atoms. The van der Waals surface area contributed by atoms with Gasteiger partial charge in [0.2, 0.25) is 0 Å². The van der Waals surface area contributed by atoms with Crippen LogP contribution in [0.5, 0.6) is 5.75 Å². The number of halogens is 1. The van der Waals surface area contributed by atoms with E-state index in [9.17, 15) is 0 Å². The minimum atomic E-state index is 0.0973. The minimum absolute atomic E-state index is 0.0973. The molecule has 0 saturated carbocycles. The van der Waals surface area contributed by atoms with Gasteiger partial charge in [0.25, 0.3) is 0 Å². The summed E-state index contributed by atoms with van der Waals surface area (Å²) >= 11 is 5.76. The monoisotopic (exact) mass is 224 g/mol. The van der Waals surface area contributed by atoms with Crippen LogP contribution in [0.3, 0.4) is 0 Å². The van der Waals surface area contributed by atoms with Gasteiger partial charge in [-0.3, -0.25) is 0 Å². The Balaban J connectivity index is 2.23. The molecule has 1 aromatic carbocycles. The molecule has 0 fully saturated rings. The zero-order chi connectivity index (χ0) is 10.7. The predicted molar refractivity (Wildman–Crippen MR) is 63.9 cm³/mol. The largest absolute Gasteiger partial charge is 0.489 e. The summed E-state index contributed by atoms with van der Waals surface area (Å²) in [6.45, 7) is 2.01. The standard InChI is InChI=1S/C13H17ClO/c1-10(9-14)15-13-8-4-6-11-5-2-3-7-12(11)13/h4,6,8,10H,2-3,5,7,9H2,1H3. The Morgan fingerprint density at radius 2 is 2.13 bits per heavy atom. The van der Waals surface area contributed by atoms with E-state index >= 15 is 0 Å². The highest BCUT2D eigenvalue weighted by atomic mass is 35.5. The molecule has 15 heavy (non-hydrogen) atoms. The average molecular weight is 225 g/mol. The molecule has 0 aromatic heterocycles. The van der Waals surface area contributed by atoms with Crippen LogP contribution in [-0.2, 0) is 12.8 Å². The highest BCUT2D eigenvalue weighted by molar-refractivity contribution is 6.18. The van der Waals surface area contributed by atoms with Crippen LogP contribution < -0.4 is 4.74 Å². The van der Waals surface area contributed by atoms with Gasteiger partial charge in [0.15, 0.2) is 0 Å². The summed E-state index contributed by atoms with van der Waals surface area (Å²) in [5.41, 5.74) is 2.86. The van der Waals surface area contributed by atoms with Crippen LogP contribution in [0.2, 0.25) is 0 Å². The van der Waals surface area contributed by atoms with Crippen LogP contribution in [0.15, 0.2) is 18.2 Å². The van der Waals surface area contributed by atoms with E-state index in [1.807, 2.05) is 6.92 Å². The zero-order valence-corrected chi connectivity index (χ0v) is 9.89. The van der Waals surface area contributed by atoms with E-state index in [-0.39, 0.29) is 6.10 Å². The first-order chi connectivity index (χ1) is 7.31. The summed E-state index contributed by atoms with van der Waals surface area (Å²) in [6.07, 6.45) is 5.03. The second-order valence-corrected chi connectivity index (χ2v) is 4.49. The number of alkyl halides is 1. The maximum atomic E-state index is 5.83. The zero-order valence-electron chi connectivity index (χ0n) is 9.13. The lowest BCUT2D eigenvalue weighted by Crippen LogP contribution is -2.15. The Hall–Kier alpha value is -0.690. The Bertz CT molecular complexity index is 335. The normalized spacial score (nSPS) is 16.9. The molecule has 0 heterocycles. The van der Waals surface area contributed by atoms with Crippen LogP contribution in [0.4, 0.5) is 0 Å². The van der Waals surface area contributed by atoms with Crippen molar-refractivity contribution in [2.45, 2.75) is 38.7 Å².